The summed E-state index contributed by atoms with van der Waals surface area (Å²) in [4.78, 5) is 12.8. The number of nitrogens with one attached hydrogen (secondary N) is 1. The molecule has 3 rings (SSSR count). The Morgan fingerprint density at radius 3 is 2.91 bits per heavy atom. The molecule has 2 aliphatic rings. The van der Waals surface area contributed by atoms with E-state index in [0.717, 1.165) is 25.0 Å². The van der Waals surface area contributed by atoms with Crippen molar-refractivity contribution in [1.82, 2.24) is 0 Å². The first-order chi connectivity index (χ1) is 10.3. The van der Waals surface area contributed by atoms with E-state index in [9.17, 15) is 9.90 Å². The van der Waals surface area contributed by atoms with Crippen molar-refractivity contribution in [3.05, 3.63) is 23.8 Å². The van der Waals surface area contributed by atoms with Crippen LogP contribution in [0.5, 0.6) is 5.75 Å². The zero-order valence-corrected chi connectivity index (χ0v) is 13.3. The van der Waals surface area contributed by atoms with Crippen molar-refractivity contribution in [3.8, 4) is 5.75 Å². The van der Waals surface area contributed by atoms with Crippen LogP contribution in [0.25, 0.3) is 0 Å². The van der Waals surface area contributed by atoms with E-state index in [1.165, 1.54) is 0 Å². The number of benzene rings is 1. The summed E-state index contributed by atoms with van der Waals surface area (Å²) in [6, 6.07) is 5.12. The zero-order valence-electron chi connectivity index (χ0n) is 13.3. The Kier molecular flexibility index (Phi) is 3.45. The molecule has 0 aromatic heterocycles. The van der Waals surface area contributed by atoms with Crippen LogP contribution in [0.15, 0.2) is 18.2 Å². The second kappa shape index (κ2) is 4.96. The van der Waals surface area contributed by atoms with Gasteiger partial charge in [0.15, 0.2) is 0 Å². The van der Waals surface area contributed by atoms with Gasteiger partial charge in [-0.25, -0.2) is 0 Å². The van der Waals surface area contributed by atoms with Crippen LogP contribution >= 0.6 is 0 Å². The molecule has 0 spiro atoms. The van der Waals surface area contributed by atoms with Crippen LogP contribution in [0.2, 0.25) is 0 Å². The van der Waals surface area contributed by atoms with Gasteiger partial charge >= 0.3 is 0 Å². The predicted octanol–water partition coefficient (Wildman–Crippen LogP) is 2.17. The van der Waals surface area contributed by atoms with Crippen molar-refractivity contribution in [3.63, 3.8) is 0 Å². The lowest BCUT2D eigenvalue weighted by atomic mass is 9.46. The normalized spacial score (nSPS) is 32.7. The van der Waals surface area contributed by atoms with Crippen molar-refractivity contribution < 1.29 is 14.6 Å². The van der Waals surface area contributed by atoms with Gasteiger partial charge in [0.2, 0.25) is 5.91 Å². The monoisotopic (exact) mass is 304 g/mol. The van der Waals surface area contributed by atoms with Crippen LogP contribution in [-0.4, -0.2) is 29.3 Å². The van der Waals surface area contributed by atoms with Crippen molar-refractivity contribution in [2.24, 2.45) is 17.1 Å². The van der Waals surface area contributed by atoms with E-state index in [1.54, 1.807) is 18.2 Å². The molecule has 22 heavy (non-hydrogen) atoms. The summed E-state index contributed by atoms with van der Waals surface area (Å²) >= 11 is 0. The largest absolute Gasteiger partial charge is 0.506 e. The highest BCUT2D eigenvalue weighted by atomic mass is 16.5. The van der Waals surface area contributed by atoms with Crippen LogP contribution in [0.1, 0.15) is 32.3 Å². The molecule has 1 aliphatic heterocycles. The minimum Gasteiger partial charge on any atom is -0.506 e. The highest BCUT2D eigenvalue weighted by Crippen LogP contribution is 2.57. The molecule has 3 unspecified atom stereocenters. The molecule has 1 aliphatic carbocycles. The molecule has 120 valence electrons. The molecule has 2 fully saturated rings. The van der Waals surface area contributed by atoms with E-state index < -0.39 is 11.0 Å². The summed E-state index contributed by atoms with van der Waals surface area (Å²) in [5, 5.41) is 12.7. The smallest absolute Gasteiger partial charge is 0.245 e. The number of phenolic OH excluding ortho intramolecular Hbond substituents is 1. The SMILES string of the molecule is Cc1ccc(O)c(NC(=O)C2(N)C3CCCOC3C2(C)C)c1. The Hall–Kier alpha value is -1.59. The molecule has 0 bridgehead atoms. The van der Waals surface area contributed by atoms with Gasteiger partial charge in [0, 0.05) is 17.9 Å². The van der Waals surface area contributed by atoms with Crippen LogP contribution in [0.4, 0.5) is 5.69 Å². The Morgan fingerprint density at radius 2 is 2.18 bits per heavy atom. The number of rotatable bonds is 2. The molecule has 5 heteroatoms. The van der Waals surface area contributed by atoms with Crippen LogP contribution in [-0.2, 0) is 9.53 Å². The van der Waals surface area contributed by atoms with Gasteiger partial charge < -0.3 is 20.9 Å². The second-order valence-corrected chi connectivity index (χ2v) is 7.11. The Bertz CT molecular complexity index is 614. The van der Waals surface area contributed by atoms with Gasteiger partial charge in [0.05, 0.1) is 11.8 Å². The Morgan fingerprint density at radius 1 is 1.45 bits per heavy atom. The summed E-state index contributed by atoms with van der Waals surface area (Å²) in [5.74, 6) is -0.163. The maximum absolute atomic E-state index is 12.8. The molecule has 1 saturated heterocycles. The highest BCUT2D eigenvalue weighted by Gasteiger charge is 2.70. The Labute approximate surface area is 130 Å². The standard InChI is InChI=1S/C17H24N2O3/c1-10-6-7-13(20)12(9-10)19-15(21)17(18)11-5-4-8-22-14(11)16(17,2)3/h6-7,9,11,14,20H,4-5,8,18H2,1-3H3,(H,19,21). The number of carbonyl (C=O) groups is 1. The minimum absolute atomic E-state index is 0.0307. The lowest BCUT2D eigenvalue weighted by Gasteiger charge is -2.65. The molecule has 1 aromatic rings. The van der Waals surface area contributed by atoms with Crippen molar-refractivity contribution in [1.29, 1.82) is 0 Å². The van der Waals surface area contributed by atoms with Gasteiger partial charge in [-0.3, -0.25) is 4.79 Å². The topological polar surface area (TPSA) is 84.6 Å². The number of carbonyl (C=O) groups excluding carboxylic acids is 1. The quantitative estimate of drug-likeness (QED) is 0.731. The average molecular weight is 304 g/mol. The third-order valence-electron chi connectivity index (χ3n) is 5.46. The summed E-state index contributed by atoms with van der Waals surface area (Å²) in [6.45, 7) is 6.61. The molecule has 4 N–H and O–H groups in total. The summed E-state index contributed by atoms with van der Waals surface area (Å²) < 4.78 is 5.82. The molecule has 5 nitrogen and oxygen atoms in total. The number of nitrogens with two attached hydrogens (primary N) is 1. The van der Waals surface area contributed by atoms with E-state index in [1.807, 2.05) is 20.8 Å². The number of aromatic hydroxyl groups is 1. The van der Waals surface area contributed by atoms with Gasteiger partial charge in [-0.15, -0.1) is 0 Å². The Balaban J connectivity index is 1.86. The van der Waals surface area contributed by atoms with Gasteiger partial charge in [-0.2, -0.15) is 0 Å². The molecule has 1 amide bonds. The second-order valence-electron chi connectivity index (χ2n) is 7.11. The lowest BCUT2D eigenvalue weighted by Crippen LogP contribution is -2.81. The van der Waals surface area contributed by atoms with Crippen LogP contribution in [0, 0.1) is 18.3 Å². The number of fused-ring (bicyclic) bond motifs is 1. The number of hydrogen-bond acceptors (Lipinski definition) is 4. The first-order valence-electron chi connectivity index (χ1n) is 7.80. The van der Waals surface area contributed by atoms with E-state index in [2.05, 4.69) is 5.32 Å². The summed E-state index contributed by atoms with van der Waals surface area (Å²) in [6.07, 6.45) is 1.86. The van der Waals surface area contributed by atoms with Crippen molar-refractivity contribution in [2.75, 3.05) is 11.9 Å². The third kappa shape index (κ3) is 1.96. The van der Waals surface area contributed by atoms with Crippen LogP contribution in [0.3, 0.4) is 0 Å². The number of aryl methyl sites for hydroxylation is 1. The maximum Gasteiger partial charge on any atom is 0.245 e. The fourth-order valence-electron chi connectivity index (χ4n) is 4.01. The van der Waals surface area contributed by atoms with Gasteiger partial charge in [-0.1, -0.05) is 19.9 Å². The van der Waals surface area contributed by atoms with Gasteiger partial charge in [-0.05, 0) is 37.5 Å². The average Bonchev–Trinajstić information content (AvgIpc) is 2.50. The fraction of sp³-hybridized carbons (Fsp3) is 0.588. The fourth-order valence-corrected chi connectivity index (χ4v) is 4.01. The molecule has 3 atom stereocenters. The molecule has 0 radical (unpaired) electrons. The van der Waals surface area contributed by atoms with E-state index >= 15 is 0 Å². The first-order valence-corrected chi connectivity index (χ1v) is 7.80. The zero-order chi connectivity index (χ0) is 16.1. The molecular weight excluding hydrogens is 280 g/mol. The van der Waals surface area contributed by atoms with Crippen LogP contribution < -0.4 is 11.1 Å². The molecule has 1 saturated carbocycles. The molecule has 1 aromatic carbocycles. The van der Waals surface area contributed by atoms with E-state index in [-0.39, 0.29) is 23.7 Å². The van der Waals surface area contributed by atoms with Gasteiger partial charge in [0.25, 0.3) is 0 Å². The van der Waals surface area contributed by atoms with E-state index in [4.69, 9.17) is 10.5 Å². The third-order valence-corrected chi connectivity index (χ3v) is 5.46. The number of phenols is 1. The highest BCUT2D eigenvalue weighted by molar-refractivity contribution is 6.01. The van der Waals surface area contributed by atoms with Crippen molar-refractivity contribution in [2.45, 2.75) is 45.3 Å². The summed E-state index contributed by atoms with van der Waals surface area (Å²) in [5.41, 5.74) is 6.51. The maximum atomic E-state index is 12.8. The number of amides is 1. The first kappa shape index (κ1) is 15.3. The molecular formula is C17H24N2O3. The number of ether oxygens (including phenoxy) is 1. The van der Waals surface area contributed by atoms with Gasteiger partial charge in [0.1, 0.15) is 11.3 Å². The van der Waals surface area contributed by atoms with Crippen molar-refractivity contribution >= 4 is 11.6 Å². The lowest BCUT2D eigenvalue weighted by molar-refractivity contribution is -0.222. The molecule has 1 heterocycles. The predicted molar refractivity (Wildman–Crippen MR) is 84.6 cm³/mol. The number of anilines is 1. The number of hydrogen-bond donors (Lipinski definition) is 3. The minimum atomic E-state index is -0.978. The van der Waals surface area contributed by atoms with E-state index in [0.29, 0.717) is 5.69 Å². The summed E-state index contributed by atoms with van der Waals surface area (Å²) in [7, 11) is 0.